The number of para-hydroxylation sites is 2. The number of fused-ring (bicyclic) bond motifs is 1. The van der Waals surface area contributed by atoms with Crippen LogP contribution in [0.5, 0.6) is 0 Å². The van der Waals surface area contributed by atoms with Gasteiger partial charge in [-0.1, -0.05) is 42.5 Å². The van der Waals surface area contributed by atoms with Gasteiger partial charge in [-0.15, -0.1) is 11.3 Å². The molecule has 3 aromatic carbocycles. The number of hydrogen-bond acceptors (Lipinski definition) is 4. The van der Waals surface area contributed by atoms with Gasteiger partial charge < -0.3 is 0 Å². The van der Waals surface area contributed by atoms with Gasteiger partial charge in [0.25, 0.3) is 0 Å². The van der Waals surface area contributed by atoms with Crippen LogP contribution in [0.2, 0.25) is 0 Å². The summed E-state index contributed by atoms with van der Waals surface area (Å²) in [5, 5.41) is 2.42. The van der Waals surface area contributed by atoms with Gasteiger partial charge in [0.05, 0.1) is 23.3 Å². The molecule has 0 saturated carbocycles. The number of amides is 1. The van der Waals surface area contributed by atoms with Crippen LogP contribution >= 0.6 is 11.3 Å². The van der Waals surface area contributed by atoms with Crippen LogP contribution in [-0.2, 0) is 24.9 Å². The lowest BCUT2D eigenvalue weighted by atomic mass is 10.2. The number of hydrogen-bond donors (Lipinski definition) is 0. The fourth-order valence-corrected chi connectivity index (χ4v) is 4.94. The molecule has 0 N–H and O–H groups in total. The van der Waals surface area contributed by atoms with E-state index in [1.165, 1.54) is 23.5 Å². The molecule has 2 heterocycles. The Bertz CT molecular complexity index is 1540. The lowest BCUT2D eigenvalue weighted by Gasteiger charge is -2.20. The third kappa shape index (κ3) is 4.65. The molecule has 2 aromatic heterocycles. The van der Waals surface area contributed by atoms with Crippen LogP contribution in [-0.4, -0.2) is 20.0 Å². The van der Waals surface area contributed by atoms with E-state index in [4.69, 9.17) is 0 Å². The Morgan fingerprint density at radius 2 is 1.66 bits per heavy atom. The van der Waals surface area contributed by atoms with Gasteiger partial charge in [0.1, 0.15) is 5.82 Å². The van der Waals surface area contributed by atoms with E-state index in [0.29, 0.717) is 17.4 Å². The minimum atomic E-state index is -0.311. The second-order valence-electron chi connectivity index (χ2n) is 8.22. The summed E-state index contributed by atoms with van der Waals surface area (Å²) < 4.78 is 16.6. The van der Waals surface area contributed by atoms with Crippen molar-refractivity contribution in [3.8, 4) is 11.3 Å². The maximum absolute atomic E-state index is 13.5. The molecule has 0 unspecified atom stereocenters. The maximum atomic E-state index is 13.5. The van der Waals surface area contributed by atoms with Crippen molar-refractivity contribution in [2.75, 3.05) is 4.90 Å². The van der Waals surface area contributed by atoms with Gasteiger partial charge in [0, 0.05) is 31.0 Å². The molecule has 0 aliphatic rings. The predicted molar refractivity (Wildman–Crippen MR) is 137 cm³/mol. The van der Waals surface area contributed by atoms with E-state index in [2.05, 4.69) is 4.98 Å². The molecular formula is C27H23FN4O2S. The van der Waals surface area contributed by atoms with Crippen molar-refractivity contribution in [1.29, 1.82) is 0 Å². The molecule has 176 valence electrons. The van der Waals surface area contributed by atoms with E-state index >= 15 is 0 Å². The van der Waals surface area contributed by atoms with Gasteiger partial charge in [0.15, 0.2) is 5.13 Å². The van der Waals surface area contributed by atoms with Crippen LogP contribution < -0.4 is 10.6 Å². The van der Waals surface area contributed by atoms with Gasteiger partial charge in [-0.25, -0.2) is 14.2 Å². The highest BCUT2D eigenvalue weighted by Crippen LogP contribution is 2.29. The molecule has 0 spiro atoms. The molecule has 1 amide bonds. The van der Waals surface area contributed by atoms with Crippen molar-refractivity contribution in [3.63, 3.8) is 0 Å². The first kappa shape index (κ1) is 22.7. The fourth-order valence-electron chi connectivity index (χ4n) is 4.09. The Hall–Kier alpha value is -4.04. The predicted octanol–water partition coefficient (Wildman–Crippen LogP) is 5.23. The lowest BCUT2D eigenvalue weighted by Crippen LogP contribution is -2.32. The molecule has 0 atom stereocenters. The molecule has 0 radical (unpaired) electrons. The van der Waals surface area contributed by atoms with E-state index in [1.54, 1.807) is 33.2 Å². The molecule has 6 nitrogen and oxygen atoms in total. The average molecular weight is 487 g/mol. The van der Waals surface area contributed by atoms with Gasteiger partial charge in [-0.3, -0.25) is 18.8 Å². The minimum Gasteiger partial charge on any atom is -0.295 e. The van der Waals surface area contributed by atoms with Crippen molar-refractivity contribution in [2.45, 2.75) is 19.5 Å². The molecule has 5 rings (SSSR count). The highest BCUT2D eigenvalue weighted by atomic mass is 32.1. The Balaban J connectivity index is 1.43. The quantitative estimate of drug-likeness (QED) is 0.317. The summed E-state index contributed by atoms with van der Waals surface area (Å²) in [4.78, 5) is 32.6. The van der Waals surface area contributed by atoms with Crippen molar-refractivity contribution in [1.82, 2.24) is 14.1 Å². The molecule has 8 heteroatoms. The molecule has 0 fully saturated rings. The highest BCUT2D eigenvalue weighted by Gasteiger charge is 2.21. The summed E-state index contributed by atoms with van der Waals surface area (Å²) in [7, 11) is 1.73. The summed E-state index contributed by atoms with van der Waals surface area (Å²) in [6.07, 6.45) is 0.145. The minimum absolute atomic E-state index is 0.131. The smallest absolute Gasteiger partial charge is 0.295 e. The first-order valence-corrected chi connectivity index (χ1v) is 12.1. The molecular weight excluding hydrogens is 463 g/mol. The molecule has 0 bridgehead atoms. The number of thiazole rings is 1. The Morgan fingerprint density at radius 3 is 2.40 bits per heavy atom. The number of imidazole rings is 1. The Kier molecular flexibility index (Phi) is 6.29. The molecule has 0 saturated heterocycles. The zero-order chi connectivity index (χ0) is 24.4. The number of carbonyl (C=O) groups excluding carboxylic acids is 1. The number of aromatic nitrogens is 3. The zero-order valence-corrected chi connectivity index (χ0v) is 19.9. The molecule has 5 aromatic rings. The topological polar surface area (TPSA) is 60.1 Å². The summed E-state index contributed by atoms with van der Waals surface area (Å²) in [6.45, 7) is 0.626. The summed E-state index contributed by atoms with van der Waals surface area (Å²) in [5.41, 5.74) is 3.91. The molecule has 0 aliphatic heterocycles. The van der Waals surface area contributed by atoms with Crippen LogP contribution in [0.3, 0.4) is 0 Å². The van der Waals surface area contributed by atoms with Crippen molar-refractivity contribution >= 4 is 33.4 Å². The molecule has 0 aliphatic carbocycles. The largest absolute Gasteiger partial charge is 0.328 e. The summed E-state index contributed by atoms with van der Waals surface area (Å²) in [6, 6.07) is 23.4. The van der Waals surface area contributed by atoms with Crippen LogP contribution in [0.4, 0.5) is 9.52 Å². The van der Waals surface area contributed by atoms with Crippen molar-refractivity contribution in [3.05, 3.63) is 106 Å². The average Bonchev–Trinajstić information content (AvgIpc) is 3.46. The first-order chi connectivity index (χ1) is 17.0. The number of aryl methyl sites for hydroxylation is 2. The third-order valence-corrected chi connectivity index (χ3v) is 6.81. The maximum Gasteiger partial charge on any atom is 0.328 e. The van der Waals surface area contributed by atoms with Crippen LogP contribution in [0.15, 0.2) is 89.0 Å². The number of rotatable bonds is 7. The van der Waals surface area contributed by atoms with Gasteiger partial charge in [-0.05, 0) is 42.0 Å². The number of anilines is 1. The van der Waals surface area contributed by atoms with E-state index < -0.39 is 0 Å². The fraction of sp³-hybridized carbons (Fsp3) is 0.148. The molecule has 35 heavy (non-hydrogen) atoms. The number of halogens is 1. The second-order valence-corrected chi connectivity index (χ2v) is 9.06. The normalized spacial score (nSPS) is 11.1. The lowest BCUT2D eigenvalue weighted by molar-refractivity contribution is -0.119. The van der Waals surface area contributed by atoms with Gasteiger partial charge in [-0.2, -0.15) is 0 Å². The standard InChI is InChI=1S/C27H23FN4O2S/c1-30-23-9-5-6-10-24(23)31(27(30)34)16-15-25(33)32(17-19-7-3-2-4-8-19)26-29-22(18-35-26)20-11-13-21(28)14-12-20/h2-14,18H,15-17H2,1H3. The first-order valence-electron chi connectivity index (χ1n) is 11.2. The van der Waals surface area contributed by atoms with Gasteiger partial charge in [0.2, 0.25) is 5.91 Å². The Morgan fingerprint density at radius 1 is 0.971 bits per heavy atom. The van der Waals surface area contributed by atoms with E-state index in [9.17, 15) is 14.0 Å². The number of benzene rings is 3. The second kappa shape index (κ2) is 9.68. The highest BCUT2D eigenvalue weighted by molar-refractivity contribution is 7.14. The van der Waals surface area contributed by atoms with E-state index in [-0.39, 0.29) is 30.4 Å². The SMILES string of the molecule is Cn1c(=O)n(CCC(=O)N(Cc2ccccc2)c2nc(-c3ccc(F)cc3)cs2)c2ccccc21. The summed E-state index contributed by atoms with van der Waals surface area (Å²) >= 11 is 1.36. The monoisotopic (exact) mass is 486 g/mol. The van der Waals surface area contributed by atoms with Crippen molar-refractivity contribution < 1.29 is 9.18 Å². The number of carbonyl (C=O) groups is 1. The van der Waals surface area contributed by atoms with Gasteiger partial charge >= 0.3 is 5.69 Å². The van der Waals surface area contributed by atoms with E-state index in [0.717, 1.165) is 22.2 Å². The van der Waals surface area contributed by atoms with Crippen LogP contribution in [0, 0.1) is 5.82 Å². The Labute approximate surface area is 205 Å². The van der Waals surface area contributed by atoms with E-state index in [1.807, 2.05) is 60.0 Å². The van der Waals surface area contributed by atoms with Crippen LogP contribution in [0.1, 0.15) is 12.0 Å². The third-order valence-electron chi connectivity index (χ3n) is 5.95. The zero-order valence-electron chi connectivity index (χ0n) is 19.1. The summed E-state index contributed by atoms with van der Waals surface area (Å²) in [5.74, 6) is -0.442. The number of nitrogens with zero attached hydrogens (tertiary/aromatic N) is 4. The van der Waals surface area contributed by atoms with Crippen LogP contribution in [0.25, 0.3) is 22.3 Å². The van der Waals surface area contributed by atoms with Crippen molar-refractivity contribution in [2.24, 2.45) is 7.05 Å².